The van der Waals surface area contributed by atoms with E-state index >= 15 is 0 Å². The number of carbonyl (C=O) groups is 1. The molecule has 0 aliphatic rings. The standard InChI is InChI=1S/C10H13ClN2O/c1-13(10(14)6-4-7-11)9-5-2-3-8-12-9/h2-3,5,8H,4,6-7H2,1H3. The number of amides is 1. The zero-order valence-corrected chi connectivity index (χ0v) is 8.87. The number of halogens is 1. The maximum absolute atomic E-state index is 11.5. The molecule has 0 aliphatic heterocycles. The first-order valence-electron chi connectivity index (χ1n) is 4.49. The summed E-state index contributed by atoms with van der Waals surface area (Å²) in [5.74, 6) is 1.23. The van der Waals surface area contributed by atoms with Crippen molar-refractivity contribution in [3.8, 4) is 0 Å². The lowest BCUT2D eigenvalue weighted by molar-refractivity contribution is -0.118. The molecule has 4 heteroatoms. The number of carbonyl (C=O) groups excluding carboxylic acids is 1. The highest BCUT2D eigenvalue weighted by atomic mass is 35.5. The van der Waals surface area contributed by atoms with Gasteiger partial charge in [0.05, 0.1) is 0 Å². The van der Waals surface area contributed by atoms with E-state index in [4.69, 9.17) is 11.6 Å². The fraction of sp³-hybridized carbons (Fsp3) is 0.400. The Hall–Kier alpha value is -1.09. The molecule has 0 radical (unpaired) electrons. The second-order valence-electron chi connectivity index (χ2n) is 2.93. The van der Waals surface area contributed by atoms with Gasteiger partial charge in [-0.15, -0.1) is 11.6 Å². The SMILES string of the molecule is CN(C(=O)CCCCl)c1ccccn1. The third kappa shape index (κ3) is 3.00. The predicted molar refractivity (Wildman–Crippen MR) is 57.6 cm³/mol. The average Bonchev–Trinajstić information content (AvgIpc) is 2.26. The van der Waals surface area contributed by atoms with Gasteiger partial charge in [-0.3, -0.25) is 9.69 Å². The second kappa shape index (κ2) is 5.60. The Morgan fingerprint density at radius 1 is 1.57 bits per heavy atom. The summed E-state index contributed by atoms with van der Waals surface area (Å²) >= 11 is 5.51. The molecule has 0 fully saturated rings. The smallest absolute Gasteiger partial charge is 0.227 e. The van der Waals surface area contributed by atoms with Crippen molar-refractivity contribution in [3.05, 3.63) is 24.4 Å². The molecule has 0 bridgehead atoms. The Morgan fingerprint density at radius 2 is 2.36 bits per heavy atom. The highest BCUT2D eigenvalue weighted by molar-refractivity contribution is 6.18. The molecule has 1 amide bonds. The number of aromatic nitrogens is 1. The van der Waals surface area contributed by atoms with Crippen LogP contribution in [0, 0.1) is 0 Å². The minimum Gasteiger partial charge on any atom is -0.300 e. The first-order chi connectivity index (χ1) is 6.75. The summed E-state index contributed by atoms with van der Waals surface area (Å²) in [5.41, 5.74) is 0. The van der Waals surface area contributed by atoms with Gasteiger partial charge in [0.25, 0.3) is 0 Å². The lowest BCUT2D eigenvalue weighted by Crippen LogP contribution is -2.26. The van der Waals surface area contributed by atoms with Crippen molar-refractivity contribution < 1.29 is 4.79 Å². The van der Waals surface area contributed by atoms with Gasteiger partial charge in [-0.25, -0.2) is 4.98 Å². The number of anilines is 1. The molecule has 1 heterocycles. The number of nitrogens with zero attached hydrogens (tertiary/aromatic N) is 2. The van der Waals surface area contributed by atoms with E-state index in [1.165, 1.54) is 0 Å². The van der Waals surface area contributed by atoms with Crippen LogP contribution in [-0.2, 0) is 4.79 Å². The number of hydrogen-bond donors (Lipinski definition) is 0. The Kier molecular flexibility index (Phi) is 4.40. The molecule has 3 nitrogen and oxygen atoms in total. The van der Waals surface area contributed by atoms with Crippen molar-refractivity contribution >= 4 is 23.3 Å². The normalized spacial score (nSPS) is 9.86. The molecular weight excluding hydrogens is 200 g/mol. The first-order valence-corrected chi connectivity index (χ1v) is 5.02. The largest absolute Gasteiger partial charge is 0.300 e. The summed E-state index contributed by atoms with van der Waals surface area (Å²) in [5, 5.41) is 0. The Bertz CT molecular complexity index is 289. The van der Waals surface area contributed by atoms with E-state index in [2.05, 4.69) is 4.98 Å². The van der Waals surface area contributed by atoms with Crippen molar-refractivity contribution in [2.75, 3.05) is 17.8 Å². The molecule has 1 aromatic rings. The Balaban J connectivity index is 2.57. The molecule has 0 atom stereocenters. The van der Waals surface area contributed by atoms with Crippen LogP contribution in [-0.4, -0.2) is 23.8 Å². The highest BCUT2D eigenvalue weighted by Gasteiger charge is 2.10. The molecule has 0 saturated heterocycles. The quantitative estimate of drug-likeness (QED) is 0.716. The summed E-state index contributed by atoms with van der Waals surface area (Å²) in [4.78, 5) is 17.2. The average molecular weight is 213 g/mol. The van der Waals surface area contributed by atoms with Crippen LogP contribution >= 0.6 is 11.6 Å². The van der Waals surface area contributed by atoms with Gasteiger partial charge >= 0.3 is 0 Å². The molecule has 1 aromatic heterocycles. The van der Waals surface area contributed by atoms with Crippen LogP contribution in [0.25, 0.3) is 0 Å². The monoisotopic (exact) mass is 212 g/mol. The van der Waals surface area contributed by atoms with Crippen LogP contribution in [0.5, 0.6) is 0 Å². The molecule has 1 rings (SSSR count). The maximum Gasteiger partial charge on any atom is 0.227 e. The van der Waals surface area contributed by atoms with Crippen LogP contribution in [0.1, 0.15) is 12.8 Å². The van der Waals surface area contributed by atoms with E-state index < -0.39 is 0 Å². The molecule has 0 aliphatic carbocycles. The number of rotatable bonds is 4. The van der Waals surface area contributed by atoms with Crippen molar-refractivity contribution in [3.63, 3.8) is 0 Å². The summed E-state index contributed by atoms with van der Waals surface area (Å²) in [6.45, 7) is 0. The molecule has 0 aromatic carbocycles. The van der Waals surface area contributed by atoms with Crippen molar-refractivity contribution in [1.29, 1.82) is 0 Å². The fourth-order valence-corrected chi connectivity index (χ4v) is 1.20. The number of pyridine rings is 1. The molecule has 0 spiro atoms. The number of hydrogen-bond acceptors (Lipinski definition) is 2. The maximum atomic E-state index is 11.5. The molecular formula is C10H13ClN2O. The van der Waals surface area contributed by atoms with E-state index in [0.717, 1.165) is 0 Å². The van der Waals surface area contributed by atoms with Gasteiger partial charge in [0, 0.05) is 25.5 Å². The number of alkyl halides is 1. The van der Waals surface area contributed by atoms with E-state index in [1.54, 1.807) is 24.2 Å². The van der Waals surface area contributed by atoms with Gasteiger partial charge in [0.15, 0.2) is 0 Å². The molecule has 0 unspecified atom stereocenters. The van der Waals surface area contributed by atoms with E-state index in [0.29, 0.717) is 24.5 Å². The Morgan fingerprint density at radius 3 is 2.93 bits per heavy atom. The zero-order chi connectivity index (χ0) is 10.4. The fourth-order valence-electron chi connectivity index (χ4n) is 1.07. The van der Waals surface area contributed by atoms with Crippen molar-refractivity contribution in [2.45, 2.75) is 12.8 Å². The van der Waals surface area contributed by atoms with Crippen LogP contribution < -0.4 is 4.90 Å². The minimum absolute atomic E-state index is 0.0457. The lowest BCUT2D eigenvalue weighted by atomic mass is 10.3. The molecule has 76 valence electrons. The highest BCUT2D eigenvalue weighted by Crippen LogP contribution is 2.08. The van der Waals surface area contributed by atoms with E-state index in [9.17, 15) is 4.79 Å². The van der Waals surface area contributed by atoms with Gasteiger partial charge in [0.2, 0.25) is 5.91 Å². The van der Waals surface area contributed by atoms with E-state index in [-0.39, 0.29) is 5.91 Å². The molecule has 0 saturated carbocycles. The van der Waals surface area contributed by atoms with Gasteiger partial charge in [-0.2, -0.15) is 0 Å². The van der Waals surface area contributed by atoms with E-state index in [1.807, 2.05) is 12.1 Å². The zero-order valence-electron chi connectivity index (χ0n) is 8.11. The third-order valence-electron chi connectivity index (χ3n) is 1.89. The topological polar surface area (TPSA) is 33.2 Å². The first kappa shape index (κ1) is 11.0. The molecule has 14 heavy (non-hydrogen) atoms. The van der Waals surface area contributed by atoms with Crippen LogP contribution in [0.4, 0.5) is 5.82 Å². The van der Waals surface area contributed by atoms with Gasteiger partial charge in [-0.05, 0) is 18.6 Å². The summed E-state index contributed by atoms with van der Waals surface area (Å²) in [6, 6.07) is 5.48. The van der Waals surface area contributed by atoms with Crippen LogP contribution in [0.3, 0.4) is 0 Å². The van der Waals surface area contributed by atoms with Crippen LogP contribution in [0.15, 0.2) is 24.4 Å². The lowest BCUT2D eigenvalue weighted by Gasteiger charge is -2.15. The minimum atomic E-state index is 0.0457. The summed E-state index contributed by atoms with van der Waals surface area (Å²) in [7, 11) is 1.72. The van der Waals surface area contributed by atoms with Crippen LogP contribution in [0.2, 0.25) is 0 Å². The Labute approximate surface area is 88.7 Å². The third-order valence-corrected chi connectivity index (χ3v) is 2.16. The van der Waals surface area contributed by atoms with Gasteiger partial charge in [-0.1, -0.05) is 6.07 Å². The van der Waals surface area contributed by atoms with Gasteiger partial charge in [0.1, 0.15) is 5.82 Å². The second-order valence-corrected chi connectivity index (χ2v) is 3.31. The predicted octanol–water partition coefficient (Wildman–Crippen LogP) is 2.06. The van der Waals surface area contributed by atoms with Crippen molar-refractivity contribution in [2.24, 2.45) is 0 Å². The summed E-state index contributed by atoms with van der Waals surface area (Å²) in [6.07, 6.45) is 2.84. The summed E-state index contributed by atoms with van der Waals surface area (Å²) < 4.78 is 0. The van der Waals surface area contributed by atoms with Gasteiger partial charge < -0.3 is 0 Å². The molecule has 0 N–H and O–H groups in total. The van der Waals surface area contributed by atoms with Crippen molar-refractivity contribution in [1.82, 2.24) is 4.98 Å².